The SMILES string of the molecule is Cc1cc(C)c2nc(-c3ccccc3Cl)cc(C(=O)Nc3ccc(C(=O)NCCCc4ncc(C)o4)cc3)c2c1. The van der Waals surface area contributed by atoms with Gasteiger partial charge in [-0.3, -0.25) is 9.59 Å². The molecule has 8 heteroatoms. The van der Waals surface area contributed by atoms with Crippen LogP contribution < -0.4 is 10.6 Å². The molecule has 0 atom stereocenters. The Morgan fingerprint density at radius 2 is 1.73 bits per heavy atom. The van der Waals surface area contributed by atoms with Gasteiger partial charge in [-0.2, -0.15) is 0 Å². The van der Waals surface area contributed by atoms with Crippen molar-refractivity contribution in [1.82, 2.24) is 15.3 Å². The third-order valence-corrected chi connectivity index (χ3v) is 6.90. The van der Waals surface area contributed by atoms with Crippen LogP contribution >= 0.6 is 11.6 Å². The number of nitrogens with zero attached hydrogens (tertiary/aromatic N) is 2. The van der Waals surface area contributed by atoms with Gasteiger partial charge >= 0.3 is 0 Å². The number of oxazole rings is 1. The molecule has 0 aliphatic heterocycles. The van der Waals surface area contributed by atoms with Crippen molar-refractivity contribution < 1.29 is 14.0 Å². The minimum absolute atomic E-state index is 0.183. The smallest absolute Gasteiger partial charge is 0.256 e. The lowest BCUT2D eigenvalue weighted by Gasteiger charge is -2.14. The van der Waals surface area contributed by atoms with Crippen LogP contribution in [0.25, 0.3) is 22.2 Å². The van der Waals surface area contributed by atoms with E-state index >= 15 is 0 Å². The van der Waals surface area contributed by atoms with E-state index in [1.165, 1.54) is 0 Å². The van der Waals surface area contributed by atoms with Crippen molar-refractivity contribution in [2.75, 3.05) is 11.9 Å². The van der Waals surface area contributed by atoms with Crippen LogP contribution in [0.3, 0.4) is 0 Å². The van der Waals surface area contributed by atoms with Gasteiger partial charge < -0.3 is 15.1 Å². The number of carbonyl (C=O) groups excluding carboxylic acids is 2. The average molecular weight is 553 g/mol. The van der Waals surface area contributed by atoms with Gasteiger partial charge in [-0.15, -0.1) is 0 Å². The number of aryl methyl sites for hydroxylation is 4. The molecular weight excluding hydrogens is 524 g/mol. The number of carbonyl (C=O) groups is 2. The highest BCUT2D eigenvalue weighted by atomic mass is 35.5. The molecule has 5 rings (SSSR count). The third-order valence-electron chi connectivity index (χ3n) is 6.57. The highest BCUT2D eigenvalue weighted by molar-refractivity contribution is 6.33. The van der Waals surface area contributed by atoms with Gasteiger partial charge in [-0.25, -0.2) is 9.97 Å². The quantitative estimate of drug-likeness (QED) is 0.200. The first-order valence-electron chi connectivity index (χ1n) is 13.1. The molecule has 0 aliphatic rings. The lowest BCUT2D eigenvalue weighted by molar-refractivity contribution is 0.0952. The highest BCUT2D eigenvalue weighted by Gasteiger charge is 2.17. The zero-order chi connectivity index (χ0) is 28.2. The van der Waals surface area contributed by atoms with Crippen LogP contribution in [0.1, 0.15) is 49.9 Å². The maximum atomic E-state index is 13.6. The fourth-order valence-corrected chi connectivity index (χ4v) is 4.87. The predicted octanol–water partition coefficient (Wildman–Crippen LogP) is 7.08. The molecule has 2 heterocycles. The molecule has 0 aliphatic carbocycles. The summed E-state index contributed by atoms with van der Waals surface area (Å²) in [4.78, 5) is 35.2. The Kier molecular flexibility index (Phi) is 7.94. The minimum atomic E-state index is -0.273. The van der Waals surface area contributed by atoms with E-state index in [-0.39, 0.29) is 11.8 Å². The summed E-state index contributed by atoms with van der Waals surface area (Å²) in [5.41, 5.74) is 5.72. The number of fused-ring (bicyclic) bond motifs is 1. The molecule has 202 valence electrons. The maximum Gasteiger partial charge on any atom is 0.256 e. The first-order valence-corrected chi connectivity index (χ1v) is 13.4. The molecule has 2 N–H and O–H groups in total. The van der Waals surface area contributed by atoms with Crippen molar-refractivity contribution in [3.05, 3.63) is 112 Å². The van der Waals surface area contributed by atoms with E-state index in [2.05, 4.69) is 15.6 Å². The number of halogens is 1. The van der Waals surface area contributed by atoms with Gasteiger partial charge in [0.1, 0.15) is 5.76 Å². The molecule has 0 spiro atoms. The Labute approximate surface area is 237 Å². The van der Waals surface area contributed by atoms with Crippen molar-refractivity contribution in [3.63, 3.8) is 0 Å². The summed E-state index contributed by atoms with van der Waals surface area (Å²) in [6.45, 7) is 6.33. The fraction of sp³-hybridized carbons (Fsp3) is 0.188. The molecule has 40 heavy (non-hydrogen) atoms. The Hall–Kier alpha value is -4.49. The standard InChI is InChI=1S/C32H29ClN4O3/c1-19-15-20(2)30-25(16-19)26(17-28(37-30)24-7-4-5-8-27(24)33)32(39)36-23-12-10-22(11-13-23)31(38)34-14-6-9-29-35-18-21(3)40-29/h4-5,7-8,10-13,15-18H,6,9,14H2,1-3H3,(H,34,38)(H,36,39). The summed E-state index contributed by atoms with van der Waals surface area (Å²) in [6, 6.07) is 20.1. The van der Waals surface area contributed by atoms with E-state index in [4.69, 9.17) is 21.0 Å². The Morgan fingerprint density at radius 3 is 2.45 bits per heavy atom. The number of hydrogen-bond donors (Lipinski definition) is 2. The summed E-state index contributed by atoms with van der Waals surface area (Å²) in [7, 11) is 0. The first-order chi connectivity index (χ1) is 19.3. The molecule has 0 unspecified atom stereocenters. The van der Waals surface area contributed by atoms with Crippen LogP contribution in [-0.2, 0) is 6.42 Å². The molecule has 5 aromatic rings. The predicted molar refractivity (Wildman–Crippen MR) is 158 cm³/mol. The lowest BCUT2D eigenvalue weighted by Crippen LogP contribution is -2.24. The zero-order valence-corrected chi connectivity index (χ0v) is 23.3. The number of nitrogens with one attached hydrogen (secondary N) is 2. The maximum absolute atomic E-state index is 13.6. The Bertz CT molecular complexity index is 1710. The van der Waals surface area contributed by atoms with E-state index < -0.39 is 0 Å². The molecule has 2 amide bonds. The lowest BCUT2D eigenvalue weighted by atomic mass is 9.99. The van der Waals surface area contributed by atoms with E-state index in [1.807, 2.05) is 51.1 Å². The van der Waals surface area contributed by atoms with Gasteiger partial charge in [0.15, 0.2) is 5.89 Å². The topological polar surface area (TPSA) is 97.1 Å². The summed E-state index contributed by atoms with van der Waals surface area (Å²) < 4.78 is 5.45. The molecule has 0 radical (unpaired) electrons. The average Bonchev–Trinajstić information content (AvgIpc) is 3.36. The van der Waals surface area contributed by atoms with Crippen LogP contribution in [0.4, 0.5) is 5.69 Å². The third kappa shape index (κ3) is 6.05. The van der Waals surface area contributed by atoms with Crippen LogP contribution in [0.15, 0.2) is 77.3 Å². The Balaban J connectivity index is 1.32. The second-order valence-electron chi connectivity index (χ2n) is 9.77. The van der Waals surface area contributed by atoms with E-state index in [0.717, 1.165) is 39.8 Å². The second kappa shape index (κ2) is 11.7. The van der Waals surface area contributed by atoms with E-state index in [9.17, 15) is 9.59 Å². The number of aromatic nitrogens is 2. The number of anilines is 1. The van der Waals surface area contributed by atoms with Crippen molar-refractivity contribution in [1.29, 1.82) is 0 Å². The van der Waals surface area contributed by atoms with Crippen LogP contribution in [-0.4, -0.2) is 28.3 Å². The summed E-state index contributed by atoms with van der Waals surface area (Å²) in [6.07, 6.45) is 3.06. The molecule has 0 bridgehead atoms. The first kappa shape index (κ1) is 27.1. The van der Waals surface area contributed by atoms with Crippen molar-refractivity contribution in [2.45, 2.75) is 33.6 Å². The number of amides is 2. The second-order valence-corrected chi connectivity index (χ2v) is 10.2. The molecule has 0 fully saturated rings. The van der Waals surface area contributed by atoms with E-state index in [1.54, 1.807) is 42.6 Å². The Morgan fingerprint density at radius 1 is 0.950 bits per heavy atom. The van der Waals surface area contributed by atoms with Crippen LogP contribution in [0, 0.1) is 20.8 Å². The highest BCUT2D eigenvalue weighted by Crippen LogP contribution is 2.32. The summed E-state index contributed by atoms with van der Waals surface area (Å²) in [5.74, 6) is 0.981. The zero-order valence-electron chi connectivity index (χ0n) is 22.5. The van der Waals surface area contributed by atoms with E-state index in [0.29, 0.717) is 46.4 Å². The van der Waals surface area contributed by atoms with Gasteiger partial charge in [0.05, 0.1) is 23.0 Å². The molecule has 0 saturated carbocycles. The normalized spacial score (nSPS) is 11.0. The minimum Gasteiger partial charge on any atom is -0.446 e. The van der Waals surface area contributed by atoms with Crippen molar-refractivity contribution >= 4 is 40.0 Å². The molecule has 7 nitrogen and oxygen atoms in total. The number of pyridine rings is 1. The summed E-state index contributed by atoms with van der Waals surface area (Å²) in [5, 5.41) is 7.21. The van der Waals surface area contributed by atoms with Gasteiger partial charge in [0, 0.05) is 40.2 Å². The van der Waals surface area contributed by atoms with Crippen molar-refractivity contribution in [3.8, 4) is 11.3 Å². The van der Waals surface area contributed by atoms with Crippen LogP contribution in [0.2, 0.25) is 5.02 Å². The number of rotatable bonds is 8. The monoisotopic (exact) mass is 552 g/mol. The number of benzene rings is 3. The van der Waals surface area contributed by atoms with Crippen molar-refractivity contribution in [2.24, 2.45) is 0 Å². The number of hydrogen-bond acceptors (Lipinski definition) is 5. The largest absolute Gasteiger partial charge is 0.446 e. The van der Waals surface area contributed by atoms with Gasteiger partial charge in [0.2, 0.25) is 0 Å². The van der Waals surface area contributed by atoms with Gasteiger partial charge in [-0.1, -0.05) is 41.4 Å². The van der Waals surface area contributed by atoms with Gasteiger partial charge in [-0.05, 0) is 75.2 Å². The molecule has 0 saturated heterocycles. The summed E-state index contributed by atoms with van der Waals surface area (Å²) >= 11 is 6.47. The molecular formula is C32H29ClN4O3. The molecule has 2 aromatic heterocycles. The van der Waals surface area contributed by atoms with Gasteiger partial charge in [0.25, 0.3) is 11.8 Å². The molecule has 3 aromatic carbocycles. The van der Waals surface area contributed by atoms with Crippen LogP contribution in [0.5, 0.6) is 0 Å². The fourth-order valence-electron chi connectivity index (χ4n) is 4.64.